The molecule has 192 valence electrons. The third-order valence-corrected chi connectivity index (χ3v) is 9.26. The Hall–Kier alpha value is -3.24. The molecule has 2 fully saturated rings. The molecule has 2 N–H and O–H groups in total. The van der Waals surface area contributed by atoms with Gasteiger partial charge in [0.05, 0.1) is 47.7 Å². The molecule has 3 aromatic heterocycles. The van der Waals surface area contributed by atoms with E-state index in [2.05, 4.69) is 44.5 Å². The van der Waals surface area contributed by atoms with Gasteiger partial charge in [0.1, 0.15) is 17.0 Å². The van der Waals surface area contributed by atoms with E-state index < -0.39 is 0 Å². The Balaban J connectivity index is 1.22. The van der Waals surface area contributed by atoms with E-state index >= 15 is 0 Å². The summed E-state index contributed by atoms with van der Waals surface area (Å²) in [5.41, 5.74) is 4.56. The number of nitrogens with zero attached hydrogens (tertiary/aromatic N) is 5. The maximum atomic E-state index is 13.4. The first-order valence-electron chi connectivity index (χ1n) is 13.3. The molecule has 0 spiro atoms. The molecule has 0 radical (unpaired) electrons. The molecule has 2 atom stereocenters. The summed E-state index contributed by atoms with van der Waals surface area (Å²) in [6, 6.07) is 4.50. The Morgan fingerprint density at radius 3 is 2.97 bits per heavy atom. The summed E-state index contributed by atoms with van der Waals surface area (Å²) in [6.45, 7) is 6.13. The smallest absolute Gasteiger partial charge is 0.226 e. The molecule has 10 heteroatoms. The minimum absolute atomic E-state index is 0.0238. The fourth-order valence-corrected chi connectivity index (χ4v) is 7.40. The number of aromatic nitrogens is 4. The average Bonchev–Trinajstić information content (AvgIpc) is 3.67. The van der Waals surface area contributed by atoms with E-state index in [4.69, 9.17) is 9.72 Å². The molecule has 3 aliphatic rings. The molecule has 5 heterocycles. The summed E-state index contributed by atoms with van der Waals surface area (Å²) in [7, 11) is 0. The molecule has 4 aromatic rings. The van der Waals surface area contributed by atoms with Gasteiger partial charge >= 0.3 is 0 Å². The van der Waals surface area contributed by atoms with Crippen molar-refractivity contribution >= 4 is 55.6 Å². The molecular formula is C27H31N7O2S. The maximum Gasteiger partial charge on any atom is 0.226 e. The highest BCUT2D eigenvalue weighted by molar-refractivity contribution is 7.19. The van der Waals surface area contributed by atoms with E-state index in [-0.39, 0.29) is 17.9 Å². The molecule has 7 rings (SSSR count). The summed E-state index contributed by atoms with van der Waals surface area (Å²) in [5, 5.41) is 13.2. The Bertz CT molecular complexity index is 1470. The van der Waals surface area contributed by atoms with E-state index in [1.54, 1.807) is 17.7 Å². The molecule has 2 aliphatic heterocycles. The van der Waals surface area contributed by atoms with Gasteiger partial charge in [0.15, 0.2) is 0 Å². The number of hydrogen-bond donors (Lipinski definition) is 2. The van der Waals surface area contributed by atoms with E-state index in [0.717, 1.165) is 65.0 Å². The summed E-state index contributed by atoms with van der Waals surface area (Å²) in [5.74, 6) is 1.14. The number of aryl methyl sites for hydroxylation is 1. The Kier molecular flexibility index (Phi) is 5.73. The quantitative estimate of drug-likeness (QED) is 0.417. The number of anilines is 3. The first kappa shape index (κ1) is 22.9. The fraction of sp³-hybridized carbons (Fsp3) is 0.481. The van der Waals surface area contributed by atoms with E-state index in [1.165, 1.54) is 29.0 Å². The Morgan fingerprint density at radius 1 is 1.22 bits per heavy atom. The van der Waals surface area contributed by atoms with Gasteiger partial charge in [-0.15, -0.1) is 11.3 Å². The standard InChI is InChI=1S/C27H31N7O2S/c1-16-14-36-9-8-34(16)27(35)17-4-5-19-23(11-17)37-26-24(19)25(28-15-29-26)31-21-10-18-13-30-32-20(18)12-22(21)33-6-2-3-7-33/h10,12-13,15-17H,2-9,11,14H2,1H3,(H,30,32)(H,28,29,31)/t16-,17-/m0/s1. The van der Waals surface area contributed by atoms with Crippen LogP contribution in [0, 0.1) is 5.92 Å². The molecule has 0 unspecified atom stereocenters. The Labute approximate surface area is 219 Å². The maximum absolute atomic E-state index is 13.4. The number of ether oxygens (including phenoxy) is 1. The lowest BCUT2D eigenvalue weighted by Crippen LogP contribution is -2.50. The van der Waals surface area contributed by atoms with E-state index in [9.17, 15) is 4.79 Å². The van der Waals surface area contributed by atoms with Crippen LogP contribution < -0.4 is 10.2 Å². The molecule has 2 saturated heterocycles. The largest absolute Gasteiger partial charge is 0.377 e. The molecule has 1 amide bonds. The lowest BCUT2D eigenvalue weighted by atomic mass is 9.86. The van der Waals surface area contributed by atoms with Crippen molar-refractivity contribution in [2.75, 3.05) is 43.1 Å². The van der Waals surface area contributed by atoms with Crippen molar-refractivity contribution in [1.82, 2.24) is 25.1 Å². The van der Waals surface area contributed by atoms with Crippen molar-refractivity contribution in [3.63, 3.8) is 0 Å². The van der Waals surface area contributed by atoms with Gasteiger partial charge < -0.3 is 19.9 Å². The number of hydrogen-bond acceptors (Lipinski definition) is 8. The van der Waals surface area contributed by atoms with Crippen molar-refractivity contribution < 1.29 is 9.53 Å². The average molecular weight is 518 g/mol. The third-order valence-electron chi connectivity index (χ3n) is 8.10. The monoisotopic (exact) mass is 517 g/mol. The van der Waals surface area contributed by atoms with Crippen LogP contribution in [0.3, 0.4) is 0 Å². The zero-order chi connectivity index (χ0) is 24.9. The summed E-state index contributed by atoms with van der Waals surface area (Å²) in [6.07, 6.45) is 8.43. The lowest BCUT2D eigenvalue weighted by molar-refractivity contribution is -0.143. The molecule has 0 bridgehead atoms. The van der Waals surface area contributed by atoms with Crippen LogP contribution in [-0.4, -0.2) is 69.9 Å². The van der Waals surface area contributed by atoms with Crippen LogP contribution >= 0.6 is 11.3 Å². The molecule has 0 saturated carbocycles. The lowest BCUT2D eigenvalue weighted by Gasteiger charge is -2.36. The normalized spacial score (nSPS) is 22.1. The molecule has 1 aromatic carbocycles. The molecule has 1 aliphatic carbocycles. The number of nitrogens with one attached hydrogen (secondary N) is 2. The van der Waals surface area contributed by atoms with Crippen molar-refractivity contribution in [3.8, 4) is 0 Å². The van der Waals surface area contributed by atoms with Crippen molar-refractivity contribution in [2.24, 2.45) is 5.92 Å². The number of amides is 1. The predicted molar refractivity (Wildman–Crippen MR) is 146 cm³/mol. The minimum Gasteiger partial charge on any atom is -0.377 e. The highest BCUT2D eigenvalue weighted by Crippen LogP contribution is 2.42. The molecular weight excluding hydrogens is 486 g/mol. The van der Waals surface area contributed by atoms with Gasteiger partial charge in [0.25, 0.3) is 0 Å². The number of thiophene rings is 1. The summed E-state index contributed by atoms with van der Waals surface area (Å²) < 4.78 is 5.55. The zero-order valence-electron chi connectivity index (χ0n) is 21.0. The van der Waals surface area contributed by atoms with Gasteiger partial charge in [-0.25, -0.2) is 9.97 Å². The summed E-state index contributed by atoms with van der Waals surface area (Å²) >= 11 is 1.71. The number of fused-ring (bicyclic) bond motifs is 4. The van der Waals surface area contributed by atoms with E-state index in [1.807, 2.05) is 11.1 Å². The van der Waals surface area contributed by atoms with Gasteiger partial charge in [-0.05, 0) is 56.7 Å². The number of carbonyl (C=O) groups is 1. The van der Waals surface area contributed by atoms with Crippen molar-refractivity contribution in [3.05, 3.63) is 35.1 Å². The van der Waals surface area contributed by atoms with Gasteiger partial charge in [0, 0.05) is 35.8 Å². The number of rotatable bonds is 4. The third kappa shape index (κ3) is 4.02. The van der Waals surface area contributed by atoms with Crippen LogP contribution in [0.25, 0.3) is 21.1 Å². The van der Waals surface area contributed by atoms with Gasteiger partial charge in [-0.2, -0.15) is 5.10 Å². The van der Waals surface area contributed by atoms with Crippen molar-refractivity contribution in [2.45, 2.75) is 45.1 Å². The van der Waals surface area contributed by atoms with Crippen molar-refractivity contribution in [1.29, 1.82) is 0 Å². The number of carbonyl (C=O) groups excluding carboxylic acids is 1. The van der Waals surface area contributed by atoms with Gasteiger partial charge in [-0.3, -0.25) is 9.89 Å². The topological polar surface area (TPSA) is 99.3 Å². The van der Waals surface area contributed by atoms with Crippen LogP contribution in [0.15, 0.2) is 24.7 Å². The van der Waals surface area contributed by atoms with Gasteiger partial charge in [0.2, 0.25) is 5.91 Å². The molecule has 9 nitrogen and oxygen atoms in total. The van der Waals surface area contributed by atoms with Crippen LogP contribution in [0.5, 0.6) is 0 Å². The highest BCUT2D eigenvalue weighted by Gasteiger charge is 2.34. The van der Waals surface area contributed by atoms with Crippen LogP contribution in [-0.2, 0) is 22.4 Å². The number of H-pyrrole nitrogens is 1. The molecule has 37 heavy (non-hydrogen) atoms. The first-order valence-corrected chi connectivity index (χ1v) is 14.1. The number of benzene rings is 1. The predicted octanol–water partition coefficient (Wildman–Crippen LogP) is 4.26. The summed E-state index contributed by atoms with van der Waals surface area (Å²) in [4.78, 5) is 29.4. The second-order valence-corrected chi connectivity index (χ2v) is 11.5. The zero-order valence-corrected chi connectivity index (χ0v) is 21.8. The number of aromatic amines is 1. The van der Waals surface area contributed by atoms with Crippen LogP contribution in [0.4, 0.5) is 17.2 Å². The highest BCUT2D eigenvalue weighted by atomic mass is 32.1. The van der Waals surface area contributed by atoms with Crippen LogP contribution in [0.1, 0.15) is 36.6 Å². The first-order chi connectivity index (χ1) is 18.2. The second kappa shape index (κ2) is 9.25. The minimum atomic E-state index is 0.0238. The van der Waals surface area contributed by atoms with Gasteiger partial charge in [-0.1, -0.05) is 0 Å². The van der Waals surface area contributed by atoms with E-state index in [0.29, 0.717) is 19.8 Å². The fourth-order valence-electron chi connectivity index (χ4n) is 6.13. The Morgan fingerprint density at radius 2 is 2.11 bits per heavy atom. The number of morpholine rings is 1. The SMILES string of the molecule is C[C@H]1COCCN1C(=O)[C@H]1CCc2c(sc3ncnc(Nc4cc5cn[nH]c5cc4N4CCCC4)c23)C1. The van der Waals surface area contributed by atoms with Crippen LogP contribution in [0.2, 0.25) is 0 Å². The second-order valence-electron chi connectivity index (χ2n) is 10.4.